The van der Waals surface area contributed by atoms with Gasteiger partial charge in [-0.15, -0.1) is 0 Å². The minimum atomic E-state index is -0.850. The highest BCUT2D eigenvalue weighted by Crippen LogP contribution is 2.21. The van der Waals surface area contributed by atoms with Gasteiger partial charge in [0.2, 0.25) is 6.10 Å². The number of ether oxygens (including phenoxy) is 2. The predicted molar refractivity (Wildman–Crippen MR) is 59.0 cm³/mol. The van der Waals surface area contributed by atoms with Crippen LogP contribution in [0.4, 0.5) is 0 Å². The number of carbonyl (C=O) groups excluding carboxylic acids is 2. The lowest BCUT2D eigenvalue weighted by atomic mass is 10.2. The first-order valence-corrected chi connectivity index (χ1v) is 5.52. The average Bonchev–Trinajstić information content (AvgIpc) is 2.68. The molecule has 2 heterocycles. The van der Waals surface area contributed by atoms with Gasteiger partial charge in [-0.1, -0.05) is 23.2 Å². The van der Waals surface area contributed by atoms with Gasteiger partial charge in [-0.2, -0.15) is 0 Å². The summed E-state index contributed by atoms with van der Waals surface area (Å²) in [6.45, 7) is 0.260. The molecule has 7 heteroatoms. The van der Waals surface area contributed by atoms with Crippen LogP contribution in [0, 0.1) is 0 Å². The first-order valence-electron chi connectivity index (χ1n) is 4.76. The molecule has 5 nitrogen and oxygen atoms in total. The molecule has 0 saturated carbocycles. The van der Waals surface area contributed by atoms with Crippen LogP contribution in [-0.4, -0.2) is 29.6 Å². The van der Waals surface area contributed by atoms with Crippen molar-refractivity contribution in [1.82, 2.24) is 4.98 Å². The molecule has 0 aromatic carbocycles. The number of cyclic esters (lactones) is 1. The van der Waals surface area contributed by atoms with Crippen molar-refractivity contribution in [2.45, 2.75) is 12.5 Å². The molecule has 17 heavy (non-hydrogen) atoms. The molecule has 0 aliphatic carbocycles. The molecule has 1 fully saturated rings. The van der Waals surface area contributed by atoms with E-state index in [-0.39, 0.29) is 22.3 Å². The maximum absolute atomic E-state index is 11.6. The summed E-state index contributed by atoms with van der Waals surface area (Å²) in [6.07, 6.45) is 0.743. The Morgan fingerprint density at radius 3 is 2.88 bits per heavy atom. The van der Waals surface area contributed by atoms with Crippen LogP contribution in [0.2, 0.25) is 10.2 Å². The number of esters is 2. The van der Waals surface area contributed by atoms with E-state index in [1.807, 2.05) is 0 Å². The van der Waals surface area contributed by atoms with Crippen LogP contribution in [0.15, 0.2) is 12.3 Å². The third-order valence-corrected chi connectivity index (χ3v) is 2.85. The second-order valence-electron chi connectivity index (χ2n) is 3.35. The Balaban J connectivity index is 2.09. The molecule has 0 bridgehead atoms. The van der Waals surface area contributed by atoms with Gasteiger partial charge in [-0.05, 0) is 6.07 Å². The van der Waals surface area contributed by atoms with Crippen molar-refractivity contribution in [3.63, 3.8) is 0 Å². The highest BCUT2D eigenvalue weighted by molar-refractivity contribution is 6.41. The fourth-order valence-corrected chi connectivity index (χ4v) is 1.58. The van der Waals surface area contributed by atoms with Crippen LogP contribution in [0.3, 0.4) is 0 Å². The number of halogens is 2. The maximum atomic E-state index is 11.6. The van der Waals surface area contributed by atoms with Crippen LogP contribution >= 0.6 is 23.2 Å². The van der Waals surface area contributed by atoms with E-state index in [4.69, 9.17) is 27.9 Å². The average molecular weight is 276 g/mol. The Kier molecular flexibility index (Phi) is 3.49. The summed E-state index contributed by atoms with van der Waals surface area (Å²) in [7, 11) is 0. The van der Waals surface area contributed by atoms with Crippen LogP contribution in [0.1, 0.15) is 16.8 Å². The second kappa shape index (κ2) is 4.89. The van der Waals surface area contributed by atoms with Crippen LogP contribution in [0.5, 0.6) is 0 Å². The molecule has 90 valence electrons. The largest absolute Gasteiger partial charge is 0.463 e. The van der Waals surface area contributed by atoms with E-state index < -0.39 is 18.0 Å². The standard InChI is InChI=1S/C10H7Cl2NO4/c11-6-3-5(4-13-8(6)12)9(14)17-7-1-2-16-10(7)15/h3-4,7H,1-2H2. The zero-order valence-electron chi connectivity index (χ0n) is 8.48. The first kappa shape index (κ1) is 12.1. The molecule has 0 spiro atoms. The summed E-state index contributed by atoms with van der Waals surface area (Å²) in [5, 5.41) is 0.249. The highest BCUT2D eigenvalue weighted by atomic mass is 35.5. The fourth-order valence-electron chi connectivity index (χ4n) is 1.31. The van der Waals surface area contributed by atoms with Gasteiger partial charge < -0.3 is 9.47 Å². The van der Waals surface area contributed by atoms with Gasteiger partial charge in [-0.3, -0.25) is 0 Å². The van der Waals surface area contributed by atoms with Crippen molar-refractivity contribution in [3.8, 4) is 0 Å². The van der Waals surface area contributed by atoms with Crippen LogP contribution in [-0.2, 0) is 14.3 Å². The third-order valence-electron chi connectivity index (χ3n) is 2.17. The van der Waals surface area contributed by atoms with Crippen molar-refractivity contribution in [2.75, 3.05) is 6.61 Å². The van der Waals surface area contributed by atoms with Gasteiger partial charge in [0.25, 0.3) is 0 Å². The monoisotopic (exact) mass is 275 g/mol. The van der Waals surface area contributed by atoms with Crippen molar-refractivity contribution >= 4 is 35.1 Å². The fraction of sp³-hybridized carbons (Fsp3) is 0.300. The lowest BCUT2D eigenvalue weighted by Crippen LogP contribution is -2.22. The maximum Gasteiger partial charge on any atom is 0.347 e. The molecule has 0 amide bonds. The van der Waals surface area contributed by atoms with E-state index in [1.165, 1.54) is 12.3 Å². The highest BCUT2D eigenvalue weighted by Gasteiger charge is 2.30. The lowest BCUT2D eigenvalue weighted by Gasteiger charge is -2.08. The van der Waals surface area contributed by atoms with E-state index in [0.29, 0.717) is 6.42 Å². The molecular formula is C10H7Cl2NO4. The van der Waals surface area contributed by atoms with Gasteiger partial charge in [-0.25, -0.2) is 14.6 Å². The molecule has 1 aliphatic rings. The molecule has 1 atom stereocenters. The topological polar surface area (TPSA) is 65.5 Å². The Morgan fingerprint density at radius 2 is 2.29 bits per heavy atom. The molecule has 1 saturated heterocycles. The first-order chi connectivity index (χ1) is 8.08. The molecule has 1 aromatic rings. The van der Waals surface area contributed by atoms with E-state index in [1.54, 1.807) is 0 Å². The number of aromatic nitrogens is 1. The predicted octanol–water partition coefficient (Wildman–Crippen LogP) is 1.86. The molecule has 0 radical (unpaired) electrons. The second-order valence-corrected chi connectivity index (χ2v) is 4.11. The molecule has 2 rings (SSSR count). The molecule has 1 aromatic heterocycles. The van der Waals surface area contributed by atoms with Gasteiger partial charge in [0.15, 0.2) is 0 Å². The molecule has 0 N–H and O–H groups in total. The summed E-state index contributed by atoms with van der Waals surface area (Å²) in [5.41, 5.74) is 0.138. The summed E-state index contributed by atoms with van der Waals surface area (Å²) >= 11 is 11.3. The summed E-state index contributed by atoms with van der Waals surface area (Å²) in [4.78, 5) is 26.4. The van der Waals surface area contributed by atoms with Crippen molar-refractivity contribution < 1.29 is 19.1 Å². The van der Waals surface area contributed by atoms with E-state index in [9.17, 15) is 9.59 Å². The molecule has 1 unspecified atom stereocenters. The van der Waals surface area contributed by atoms with Gasteiger partial charge in [0, 0.05) is 12.6 Å². The summed E-state index contributed by atoms with van der Waals surface area (Å²) in [6, 6.07) is 1.33. The van der Waals surface area contributed by atoms with Gasteiger partial charge in [0.05, 0.1) is 17.2 Å². The van der Waals surface area contributed by atoms with E-state index in [0.717, 1.165) is 0 Å². The summed E-state index contributed by atoms with van der Waals surface area (Å²) < 4.78 is 9.62. The summed E-state index contributed by atoms with van der Waals surface area (Å²) in [5.74, 6) is -1.22. The van der Waals surface area contributed by atoms with Crippen molar-refractivity contribution in [2.24, 2.45) is 0 Å². The number of hydrogen-bond acceptors (Lipinski definition) is 5. The Hall–Kier alpha value is -1.33. The third kappa shape index (κ3) is 2.68. The zero-order valence-corrected chi connectivity index (χ0v) is 9.99. The number of hydrogen-bond donors (Lipinski definition) is 0. The number of rotatable bonds is 2. The molecular weight excluding hydrogens is 269 g/mol. The van der Waals surface area contributed by atoms with Crippen LogP contribution in [0.25, 0.3) is 0 Å². The normalized spacial score (nSPS) is 18.9. The van der Waals surface area contributed by atoms with Crippen LogP contribution < -0.4 is 0 Å². The van der Waals surface area contributed by atoms with Gasteiger partial charge >= 0.3 is 11.9 Å². The van der Waals surface area contributed by atoms with Crippen molar-refractivity contribution in [3.05, 3.63) is 28.0 Å². The number of pyridine rings is 1. The van der Waals surface area contributed by atoms with E-state index in [2.05, 4.69) is 9.72 Å². The number of nitrogens with zero attached hydrogens (tertiary/aromatic N) is 1. The smallest absolute Gasteiger partial charge is 0.347 e. The number of carbonyl (C=O) groups is 2. The minimum Gasteiger partial charge on any atom is -0.463 e. The SMILES string of the molecule is O=C(OC1CCOC1=O)c1cnc(Cl)c(Cl)c1. The van der Waals surface area contributed by atoms with Crippen molar-refractivity contribution in [1.29, 1.82) is 0 Å². The Morgan fingerprint density at radius 1 is 1.53 bits per heavy atom. The quantitative estimate of drug-likeness (QED) is 0.609. The van der Waals surface area contributed by atoms with E-state index >= 15 is 0 Å². The minimum absolute atomic E-state index is 0.100. The Bertz CT molecular complexity index is 477. The Labute approximate surface area is 107 Å². The molecule has 1 aliphatic heterocycles. The zero-order chi connectivity index (χ0) is 12.4. The van der Waals surface area contributed by atoms with Gasteiger partial charge in [0.1, 0.15) is 5.15 Å². The lowest BCUT2D eigenvalue weighted by molar-refractivity contribution is -0.145.